The Labute approximate surface area is 293 Å². The number of carbonyl (C=O) groups is 5. The number of benzene rings is 1. The molecule has 5 rings (SSSR count). The number of alkyl carbamates (subject to hydrolysis) is 1. The summed E-state index contributed by atoms with van der Waals surface area (Å²) >= 11 is 0. The maximum atomic E-state index is 14.2. The normalized spacial score (nSPS) is 28.0. The Balaban J connectivity index is 1.40. The second-order valence-corrected chi connectivity index (χ2v) is 16.8. The number of sulfonamides is 1. The van der Waals surface area contributed by atoms with E-state index < -0.39 is 80.4 Å². The van der Waals surface area contributed by atoms with E-state index in [0.29, 0.717) is 25.7 Å². The number of rotatable bonds is 7. The minimum absolute atomic E-state index is 0.0692. The summed E-state index contributed by atoms with van der Waals surface area (Å²) in [5.41, 5.74) is -1.45. The van der Waals surface area contributed by atoms with Crippen LogP contribution in [0.2, 0.25) is 0 Å². The Hall–Kier alpha value is -4.14. The molecule has 50 heavy (non-hydrogen) atoms. The lowest BCUT2D eigenvalue weighted by Gasteiger charge is -2.30. The van der Waals surface area contributed by atoms with Crippen molar-refractivity contribution in [3.05, 3.63) is 48.0 Å². The number of nitrogens with one attached hydrogen (secondary N) is 3. The molecule has 15 heteroatoms. The molecule has 5 amide bonds. The number of hydrogen-bond acceptors (Lipinski definition) is 9. The summed E-state index contributed by atoms with van der Waals surface area (Å²) in [4.78, 5) is 70.6. The van der Waals surface area contributed by atoms with Crippen molar-refractivity contribution in [3.8, 4) is 0 Å². The highest BCUT2D eigenvalue weighted by Crippen LogP contribution is 2.46. The van der Waals surface area contributed by atoms with Crippen molar-refractivity contribution in [2.24, 2.45) is 5.92 Å². The highest BCUT2D eigenvalue weighted by molar-refractivity contribution is 7.91. The molecule has 1 aromatic rings. The molecule has 3 N–H and O–H groups in total. The molecule has 2 saturated carbocycles. The Morgan fingerprint density at radius 3 is 2.46 bits per heavy atom. The van der Waals surface area contributed by atoms with Gasteiger partial charge in [-0.2, -0.15) is 0 Å². The second kappa shape index (κ2) is 15.0. The van der Waals surface area contributed by atoms with Crippen LogP contribution in [0, 0.1) is 5.92 Å². The van der Waals surface area contributed by atoms with E-state index in [-0.39, 0.29) is 32.4 Å². The highest BCUT2D eigenvalue weighted by Gasteiger charge is 2.62. The molecule has 1 unspecified atom stereocenters. The fourth-order valence-corrected chi connectivity index (χ4v) is 7.82. The monoisotopic (exact) mass is 715 g/mol. The molecule has 3 fully saturated rings. The van der Waals surface area contributed by atoms with Crippen LogP contribution in [0.15, 0.2) is 42.5 Å². The van der Waals surface area contributed by atoms with Gasteiger partial charge in [-0.15, -0.1) is 0 Å². The molecule has 2 aliphatic heterocycles. The first-order valence-electron chi connectivity index (χ1n) is 17.4. The van der Waals surface area contributed by atoms with Gasteiger partial charge in [-0.25, -0.2) is 18.0 Å². The molecule has 1 aromatic carbocycles. The molecule has 0 spiro atoms. The lowest BCUT2D eigenvalue weighted by atomic mass is 10.0. The fraction of sp³-hybridized carbons (Fsp3) is 0.629. The van der Waals surface area contributed by atoms with Gasteiger partial charge in [-0.05, 0) is 64.9 Å². The van der Waals surface area contributed by atoms with Gasteiger partial charge in [-0.1, -0.05) is 55.3 Å². The van der Waals surface area contributed by atoms with E-state index in [0.717, 1.165) is 18.4 Å². The number of amides is 5. The second-order valence-electron chi connectivity index (χ2n) is 14.8. The zero-order chi connectivity index (χ0) is 36.3. The molecule has 0 bridgehead atoms. The van der Waals surface area contributed by atoms with Crippen LogP contribution in [0.25, 0.3) is 0 Å². The van der Waals surface area contributed by atoms with Gasteiger partial charge < -0.3 is 29.9 Å². The lowest BCUT2D eigenvalue weighted by molar-refractivity contribution is -0.141. The number of nitrogens with zero attached hydrogens (tertiary/aromatic N) is 2. The molecule has 14 nitrogen and oxygen atoms in total. The maximum Gasteiger partial charge on any atom is 0.410 e. The number of allylic oxidation sites excluding steroid dienone is 1. The maximum absolute atomic E-state index is 14.2. The topological polar surface area (TPSA) is 181 Å². The van der Waals surface area contributed by atoms with Crippen LogP contribution in [0.3, 0.4) is 0 Å². The van der Waals surface area contributed by atoms with Gasteiger partial charge in [0.15, 0.2) is 0 Å². The molecule has 2 aliphatic carbocycles. The Morgan fingerprint density at radius 1 is 1.06 bits per heavy atom. The standard InChI is InChI=1S/C35H49N5O9S/c1-34(2,3)49-32(44)36-27-16-12-7-5-6-11-15-24-20-35(24,31(43)38-50(46,47)26-17-18-26)37-29(41)28-19-25(22-40(28)30(27)42)48-33(45)39(4)21-23-13-9-8-10-14-23/h8-11,13-15,24-28H,5-7,12,16-22H2,1-4H3,(H,36,44)(H,37,41)(H,38,43)/b15-11-/t24-,25?,27+,28+,35-/m1/s1. The van der Waals surface area contributed by atoms with Gasteiger partial charge in [0, 0.05) is 25.9 Å². The Bertz CT molecular complexity index is 1590. The van der Waals surface area contributed by atoms with E-state index in [1.54, 1.807) is 27.8 Å². The summed E-state index contributed by atoms with van der Waals surface area (Å²) in [5, 5.41) is 4.85. The fourth-order valence-electron chi connectivity index (χ4n) is 6.45. The highest BCUT2D eigenvalue weighted by atomic mass is 32.2. The zero-order valence-electron chi connectivity index (χ0n) is 29.2. The van der Waals surface area contributed by atoms with E-state index in [4.69, 9.17) is 9.47 Å². The zero-order valence-corrected chi connectivity index (χ0v) is 30.0. The predicted octanol–water partition coefficient (Wildman–Crippen LogP) is 3.12. The van der Waals surface area contributed by atoms with Gasteiger partial charge in [0.05, 0.1) is 11.8 Å². The van der Waals surface area contributed by atoms with Gasteiger partial charge >= 0.3 is 12.2 Å². The van der Waals surface area contributed by atoms with Crippen molar-refractivity contribution in [2.75, 3.05) is 13.6 Å². The molecular formula is C35H49N5O9S. The Kier molecular flexibility index (Phi) is 11.1. The molecular weight excluding hydrogens is 666 g/mol. The smallest absolute Gasteiger partial charge is 0.410 e. The van der Waals surface area contributed by atoms with Crippen LogP contribution in [0.5, 0.6) is 0 Å². The molecule has 2 heterocycles. The van der Waals surface area contributed by atoms with Crippen LogP contribution in [0.4, 0.5) is 9.59 Å². The molecule has 274 valence electrons. The SMILES string of the molecule is CN(Cc1ccccc1)C(=O)OC1C[C@H]2C(=O)N[C@]3(C(=O)NS(=O)(=O)C4CC4)C[C@H]3/C=C\CCCCC[C@H](NC(=O)OC(C)(C)C)C(=O)N2C1. The predicted molar refractivity (Wildman–Crippen MR) is 183 cm³/mol. The molecule has 1 saturated heterocycles. The van der Waals surface area contributed by atoms with Crippen LogP contribution in [-0.4, -0.2) is 96.3 Å². The number of hydrogen-bond donors (Lipinski definition) is 3. The number of carbonyl (C=O) groups excluding carboxylic acids is 5. The van der Waals surface area contributed by atoms with Crippen molar-refractivity contribution in [1.29, 1.82) is 0 Å². The third-order valence-electron chi connectivity index (χ3n) is 9.38. The van der Waals surface area contributed by atoms with E-state index in [1.165, 1.54) is 9.80 Å². The van der Waals surface area contributed by atoms with E-state index >= 15 is 0 Å². The summed E-state index contributed by atoms with van der Waals surface area (Å²) in [7, 11) is -2.31. The summed E-state index contributed by atoms with van der Waals surface area (Å²) in [6, 6.07) is 7.12. The van der Waals surface area contributed by atoms with Crippen molar-refractivity contribution in [1.82, 2.24) is 25.2 Å². The summed E-state index contributed by atoms with van der Waals surface area (Å²) in [6.07, 6.45) is 5.58. The largest absolute Gasteiger partial charge is 0.444 e. The van der Waals surface area contributed by atoms with Crippen molar-refractivity contribution >= 4 is 39.9 Å². The van der Waals surface area contributed by atoms with Gasteiger partial charge in [0.2, 0.25) is 21.8 Å². The summed E-state index contributed by atoms with van der Waals surface area (Å²) < 4.78 is 38.9. The third kappa shape index (κ3) is 9.34. The van der Waals surface area contributed by atoms with Crippen molar-refractivity contribution < 1.29 is 41.9 Å². The van der Waals surface area contributed by atoms with Gasteiger partial charge in [0.1, 0.15) is 29.3 Å². The molecule has 0 aromatic heterocycles. The van der Waals surface area contributed by atoms with Gasteiger partial charge in [0.25, 0.3) is 5.91 Å². The minimum atomic E-state index is -3.90. The van der Waals surface area contributed by atoms with Crippen LogP contribution >= 0.6 is 0 Å². The van der Waals surface area contributed by atoms with Crippen LogP contribution in [0.1, 0.15) is 84.1 Å². The first-order chi connectivity index (χ1) is 23.6. The van der Waals surface area contributed by atoms with Crippen LogP contribution in [-0.2, 0) is 40.4 Å². The summed E-state index contributed by atoms with van der Waals surface area (Å²) in [5.74, 6) is -2.50. The molecule has 4 aliphatic rings. The Morgan fingerprint density at radius 2 is 1.78 bits per heavy atom. The summed E-state index contributed by atoms with van der Waals surface area (Å²) in [6.45, 7) is 5.27. The quantitative estimate of drug-likeness (QED) is 0.358. The average molecular weight is 716 g/mol. The number of fused-ring (bicyclic) bond motifs is 2. The minimum Gasteiger partial charge on any atom is -0.444 e. The first-order valence-corrected chi connectivity index (χ1v) is 18.9. The van der Waals surface area contributed by atoms with E-state index in [1.807, 2.05) is 42.5 Å². The van der Waals surface area contributed by atoms with E-state index in [2.05, 4.69) is 15.4 Å². The van der Waals surface area contributed by atoms with E-state index in [9.17, 15) is 32.4 Å². The molecule has 5 atom stereocenters. The van der Waals surface area contributed by atoms with Crippen molar-refractivity contribution in [2.45, 2.75) is 120 Å². The molecule has 0 radical (unpaired) electrons. The van der Waals surface area contributed by atoms with Gasteiger partial charge in [-0.3, -0.25) is 19.1 Å². The lowest BCUT2D eigenvalue weighted by Crippen LogP contribution is -2.58. The number of ether oxygens (including phenoxy) is 2. The first kappa shape index (κ1) is 37.1. The van der Waals surface area contributed by atoms with Crippen LogP contribution < -0.4 is 15.4 Å². The average Bonchev–Trinajstić information content (AvgIpc) is 3.96. The third-order valence-corrected chi connectivity index (χ3v) is 11.2. The van der Waals surface area contributed by atoms with Crippen molar-refractivity contribution in [3.63, 3.8) is 0 Å².